The van der Waals surface area contributed by atoms with E-state index >= 15 is 0 Å². The van der Waals surface area contributed by atoms with Crippen LogP contribution in [-0.4, -0.2) is 18.6 Å². The van der Waals surface area contributed by atoms with Gasteiger partial charge in [-0.3, -0.25) is 0 Å². The van der Waals surface area contributed by atoms with Crippen LogP contribution in [0.25, 0.3) is 11.3 Å². The number of aryl methyl sites for hydroxylation is 2. The smallest absolute Gasteiger partial charge is 0.0932 e. The molecule has 0 atom stereocenters. The molecule has 0 fully saturated rings. The van der Waals surface area contributed by atoms with Gasteiger partial charge in [0.25, 0.3) is 0 Å². The minimum atomic E-state index is 1.02. The van der Waals surface area contributed by atoms with E-state index < -0.39 is 0 Å². The van der Waals surface area contributed by atoms with Crippen LogP contribution >= 0.6 is 11.3 Å². The third-order valence-corrected chi connectivity index (χ3v) is 4.74. The van der Waals surface area contributed by atoms with Gasteiger partial charge in [-0.15, -0.1) is 11.3 Å². The predicted molar refractivity (Wildman–Crippen MR) is 85.3 cm³/mol. The predicted octanol–water partition coefficient (Wildman–Crippen LogP) is 4.39. The van der Waals surface area contributed by atoms with Crippen molar-refractivity contribution in [1.82, 2.24) is 4.98 Å². The lowest BCUT2D eigenvalue weighted by atomic mass is 10.1. The van der Waals surface area contributed by atoms with Gasteiger partial charge in [0.1, 0.15) is 0 Å². The highest BCUT2D eigenvalue weighted by molar-refractivity contribution is 7.12. The van der Waals surface area contributed by atoms with Gasteiger partial charge in [0.2, 0.25) is 0 Å². The second-order valence-corrected chi connectivity index (χ2v) is 5.82. The maximum Gasteiger partial charge on any atom is 0.0932 e. The van der Waals surface area contributed by atoms with Gasteiger partial charge in [0.15, 0.2) is 0 Å². The monoisotopic (exact) mass is 274 g/mol. The van der Waals surface area contributed by atoms with Gasteiger partial charge < -0.3 is 4.90 Å². The summed E-state index contributed by atoms with van der Waals surface area (Å²) >= 11 is 1.85. The molecule has 0 bridgehead atoms. The van der Waals surface area contributed by atoms with Crippen molar-refractivity contribution in [3.8, 4) is 11.3 Å². The lowest BCUT2D eigenvalue weighted by Crippen LogP contribution is -2.15. The topological polar surface area (TPSA) is 16.1 Å². The van der Waals surface area contributed by atoms with Gasteiger partial charge in [-0.05, 0) is 31.9 Å². The SMILES string of the molecule is CCc1nc(-c2cccc(N(C)CC)c2)c(CC)s1. The summed E-state index contributed by atoms with van der Waals surface area (Å²) in [5, 5.41) is 1.24. The highest BCUT2D eigenvalue weighted by atomic mass is 32.1. The maximum absolute atomic E-state index is 4.80. The normalized spacial score (nSPS) is 10.7. The Morgan fingerprint density at radius 2 is 1.95 bits per heavy atom. The molecule has 2 aromatic rings. The molecule has 0 aliphatic rings. The Morgan fingerprint density at radius 3 is 2.58 bits per heavy atom. The minimum absolute atomic E-state index is 1.02. The Balaban J connectivity index is 2.43. The number of rotatable bonds is 5. The summed E-state index contributed by atoms with van der Waals surface area (Å²) in [6.07, 6.45) is 2.08. The standard InChI is InChI=1S/C16H22N2S/c1-5-14-16(17-15(6-2)19-14)12-9-8-10-13(11-12)18(4)7-3/h8-11H,5-7H2,1-4H3. The van der Waals surface area contributed by atoms with Gasteiger partial charge in [-0.1, -0.05) is 26.0 Å². The zero-order valence-corrected chi connectivity index (χ0v) is 13.0. The third-order valence-electron chi connectivity index (χ3n) is 3.40. The molecule has 0 unspecified atom stereocenters. The molecule has 3 heteroatoms. The molecular weight excluding hydrogens is 252 g/mol. The first-order valence-electron chi connectivity index (χ1n) is 6.99. The van der Waals surface area contributed by atoms with E-state index in [9.17, 15) is 0 Å². The minimum Gasteiger partial charge on any atom is -0.375 e. The number of benzene rings is 1. The van der Waals surface area contributed by atoms with Crippen molar-refractivity contribution in [3.05, 3.63) is 34.2 Å². The van der Waals surface area contributed by atoms with E-state index in [-0.39, 0.29) is 0 Å². The van der Waals surface area contributed by atoms with Crippen LogP contribution in [0.4, 0.5) is 5.69 Å². The third kappa shape index (κ3) is 2.98. The number of aromatic nitrogens is 1. The van der Waals surface area contributed by atoms with Crippen LogP contribution in [0.2, 0.25) is 0 Å². The first kappa shape index (κ1) is 14.1. The Hall–Kier alpha value is -1.35. The van der Waals surface area contributed by atoms with Crippen molar-refractivity contribution in [2.24, 2.45) is 0 Å². The second-order valence-electron chi connectivity index (χ2n) is 4.65. The number of anilines is 1. The number of thiazole rings is 1. The lowest BCUT2D eigenvalue weighted by molar-refractivity contribution is 0.968. The molecule has 2 nitrogen and oxygen atoms in total. The second kappa shape index (κ2) is 6.20. The van der Waals surface area contributed by atoms with E-state index in [0.29, 0.717) is 0 Å². The molecule has 1 aromatic carbocycles. The zero-order valence-electron chi connectivity index (χ0n) is 12.2. The molecule has 0 spiro atoms. The molecule has 19 heavy (non-hydrogen) atoms. The van der Waals surface area contributed by atoms with Crippen LogP contribution in [0.1, 0.15) is 30.7 Å². The van der Waals surface area contributed by atoms with Crippen LogP contribution in [0.3, 0.4) is 0 Å². The van der Waals surface area contributed by atoms with Gasteiger partial charge in [-0.2, -0.15) is 0 Å². The fourth-order valence-electron chi connectivity index (χ4n) is 2.09. The molecule has 1 aromatic heterocycles. The van der Waals surface area contributed by atoms with Crippen LogP contribution in [0, 0.1) is 0 Å². The van der Waals surface area contributed by atoms with E-state index in [1.54, 1.807) is 0 Å². The first-order valence-corrected chi connectivity index (χ1v) is 7.81. The van der Waals surface area contributed by atoms with Crippen molar-refractivity contribution >= 4 is 17.0 Å². The summed E-state index contributed by atoms with van der Waals surface area (Å²) in [5.74, 6) is 0. The van der Waals surface area contributed by atoms with Crippen molar-refractivity contribution in [1.29, 1.82) is 0 Å². The lowest BCUT2D eigenvalue weighted by Gasteiger charge is -2.17. The Labute approximate surface area is 120 Å². The fourth-order valence-corrected chi connectivity index (χ4v) is 3.06. The van der Waals surface area contributed by atoms with Crippen molar-refractivity contribution in [3.63, 3.8) is 0 Å². The molecule has 102 valence electrons. The van der Waals surface area contributed by atoms with Gasteiger partial charge in [-0.25, -0.2) is 4.98 Å². The molecule has 2 rings (SSSR count). The largest absolute Gasteiger partial charge is 0.375 e. The average molecular weight is 274 g/mol. The summed E-state index contributed by atoms with van der Waals surface area (Å²) < 4.78 is 0. The highest BCUT2D eigenvalue weighted by Gasteiger charge is 2.11. The molecular formula is C16H22N2S. The highest BCUT2D eigenvalue weighted by Crippen LogP contribution is 2.31. The first-order chi connectivity index (χ1) is 9.19. The molecule has 0 aliphatic heterocycles. The van der Waals surface area contributed by atoms with Crippen LogP contribution < -0.4 is 4.90 Å². The van der Waals surface area contributed by atoms with Gasteiger partial charge >= 0.3 is 0 Å². The Bertz CT molecular complexity index is 545. The van der Waals surface area contributed by atoms with Gasteiger partial charge in [0, 0.05) is 29.7 Å². The molecule has 0 radical (unpaired) electrons. The van der Waals surface area contributed by atoms with Crippen molar-refractivity contribution in [2.45, 2.75) is 33.6 Å². The van der Waals surface area contributed by atoms with E-state index in [4.69, 9.17) is 4.98 Å². The molecule has 0 N–H and O–H groups in total. The van der Waals surface area contributed by atoms with Crippen LogP contribution in [0.5, 0.6) is 0 Å². The summed E-state index contributed by atoms with van der Waals surface area (Å²) in [7, 11) is 2.12. The summed E-state index contributed by atoms with van der Waals surface area (Å²) in [4.78, 5) is 8.44. The molecule has 0 saturated heterocycles. The summed E-state index contributed by atoms with van der Waals surface area (Å²) in [5.41, 5.74) is 3.68. The summed E-state index contributed by atoms with van der Waals surface area (Å²) in [6, 6.07) is 8.70. The molecule has 0 amide bonds. The van der Waals surface area contributed by atoms with E-state index in [1.165, 1.54) is 26.8 Å². The molecule has 0 aliphatic carbocycles. The van der Waals surface area contributed by atoms with E-state index in [1.807, 2.05) is 11.3 Å². The molecule has 0 saturated carbocycles. The molecule has 1 heterocycles. The van der Waals surface area contributed by atoms with Crippen LogP contribution in [-0.2, 0) is 12.8 Å². The van der Waals surface area contributed by atoms with Gasteiger partial charge in [0.05, 0.1) is 10.7 Å². The quantitative estimate of drug-likeness (QED) is 0.804. The van der Waals surface area contributed by atoms with E-state index in [0.717, 1.165) is 19.4 Å². The zero-order chi connectivity index (χ0) is 13.8. The van der Waals surface area contributed by atoms with Crippen molar-refractivity contribution in [2.75, 3.05) is 18.5 Å². The van der Waals surface area contributed by atoms with Crippen LogP contribution in [0.15, 0.2) is 24.3 Å². The Kier molecular flexibility index (Phi) is 4.59. The van der Waals surface area contributed by atoms with E-state index in [2.05, 4.69) is 57.0 Å². The fraction of sp³-hybridized carbons (Fsp3) is 0.438. The number of hydrogen-bond donors (Lipinski definition) is 0. The number of hydrogen-bond acceptors (Lipinski definition) is 3. The maximum atomic E-state index is 4.80. The number of nitrogens with zero attached hydrogens (tertiary/aromatic N) is 2. The Morgan fingerprint density at radius 1 is 1.16 bits per heavy atom. The van der Waals surface area contributed by atoms with Crippen molar-refractivity contribution < 1.29 is 0 Å². The summed E-state index contributed by atoms with van der Waals surface area (Å²) in [6.45, 7) is 7.56. The average Bonchev–Trinajstić information content (AvgIpc) is 2.90.